The molecule has 0 heterocycles. The Hall–Kier alpha value is -4.86. The summed E-state index contributed by atoms with van der Waals surface area (Å²) >= 11 is 0. The first-order chi connectivity index (χ1) is 18.7. The van der Waals surface area contributed by atoms with E-state index in [9.17, 15) is 18.4 Å². The van der Waals surface area contributed by atoms with Crippen molar-refractivity contribution in [3.05, 3.63) is 108 Å². The first kappa shape index (κ1) is 28.7. The van der Waals surface area contributed by atoms with Crippen molar-refractivity contribution >= 4 is 11.9 Å². The van der Waals surface area contributed by atoms with Crippen molar-refractivity contribution in [3.8, 4) is 23.0 Å². The number of ether oxygens (including phenoxy) is 6. The fourth-order valence-corrected chi connectivity index (χ4v) is 3.02. The Kier molecular flexibility index (Phi) is 10.4. The molecule has 0 aliphatic heterocycles. The van der Waals surface area contributed by atoms with Gasteiger partial charge in [0, 0.05) is 0 Å². The number of hydrogen-bond donors (Lipinski definition) is 0. The maximum atomic E-state index is 12.6. The van der Waals surface area contributed by atoms with Gasteiger partial charge in [0.15, 0.2) is 0 Å². The fourth-order valence-electron chi connectivity index (χ4n) is 3.02. The molecular formula is C29H26F2O8. The summed E-state index contributed by atoms with van der Waals surface area (Å²) in [5, 5.41) is 0. The second kappa shape index (κ2) is 14.2. The predicted octanol–water partition coefficient (Wildman–Crippen LogP) is 5.88. The molecule has 3 aromatic carbocycles. The van der Waals surface area contributed by atoms with Gasteiger partial charge in [-0.05, 0) is 66.1 Å². The molecule has 204 valence electrons. The Balaban J connectivity index is 1.42. The van der Waals surface area contributed by atoms with E-state index in [-0.39, 0.29) is 0 Å². The molecule has 0 spiro atoms. The summed E-state index contributed by atoms with van der Waals surface area (Å²) in [6.45, 7) is 7.37. The van der Waals surface area contributed by atoms with Gasteiger partial charge in [0.2, 0.25) is 25.2 Å². The number of halogens is 2. The normalized spacial score (nSPS) is 10.2. The van der Waals surface area contributed by atoms with Crippen LogP contribution in [0, 0.1) is 6.92 Å². The zero-order valence-electron chi connectivity index (χ0n) is 21.1. The summed E-state index contributed by atoms with van der Waals surface area (Å²) in [6.07, 6.45) is 0. The summed E-state index contributed by atoms with van der Waals surface area (Å²) in [7, 11) is 0. The van der Waals surface area contributed by atoms with Crippen molar-refractivity contribution in [3.63, 3.8) is 0 Å². The van der Waals surface area contributed by atoms with E-state index >= 15 is 0 Å². The van der Waals surface area contributed by atoms with Crippen LogP contribution in [0.15, 0.2) is 91.5 Å². The van der Waals surface area contributed by atoms with E-state index in [0.717, 1.165) is 16.7 Å². The number of rotatable bonds is 14. The van der Waals surface area contributed by atoms with Gasteiger partial charge >= 0.3 is 11.9 Å². The Labute approximate surface area is 224 Å². The Morgan fingerprint density at radius 3 is 1.51 bits per heavy atom. The van der Waals surface area contributed by atoms with Gasteiger partial charge < -0.3 is 28.4 Å². The zero-order chi connectivity index (χ0) is 28.2. The Bertz CT molecular complexity index is 1300. The molecule has 0 fully saturated rings. The highest BCUT2D eigenvalue weighted by Crippen LogP contribution is 2.25. The van der Waals surface area contributed by atoms with Crippen molar-refractivity contribution in [1.29, 1.82) is 0 Å². The maximum absolute atomic E-state index is 12.6. The molecule has 10 heteroatoms. The third-order valence-electron chi connectivity index (χ3n) is 5.07. The molecule has 3 rings (SSSR count). The predicted molar refractivity (Wildman–Crippen MR) is 136 cm³/mol. The quantitative estimate of drug-likeness (QED) is 0.142. The topological polar surface area (TPSA) is 89.5 Å². The average Bonchev–Trinajstić information content (AvgIpc) is 2.92. The standard InChI is InChI=1S/C29H26F2O8/c1-19-14-26(34-15-22-4-8-24(9-5-22)36-17-38-28(32)20(2)30)12-13-27(19)35-16-23-6-10-25(11-7-23)37-18-39-29(33)21(3)31/h4-14H,2-3,15-18H2,1H3. The smallest absolute Gasteiger partial charge is 0.369 e. The lowest BCUT2D eigenvalue weighted by Crippen LogP contribution is -2.10. The largest absolute Gasteiger partial charge is 0.489 e. The number of hydrogen-bond acceptors (Lipinski definition) is 8. The summed E-state index contributed by atoms with van der Waals surface area (Å²) in [5.41, 5.74) is 2.65. The van der Waals surface area contributed by atoms with Gasteiger partial charge in [0.1, 0.15) is 36.2 Å². The number of carbonyl (C=O) groups is 2. The molecule has 0 atom stereocenters. The summed E-state index contributed by atoms with van der Waals surface area (Å²) in [4.78, 5) is 22.0. The van der Waals surface area contributed by atoms with Crippen LogP contribution in [0.2, 0.25) is 0 Å². The first-order valence-corrected chi connectivity index (χ1v) is 11.5. The molecule has 3 aromatic rings. The first-order valence-electron chi connectivity index (χ1n) is 11.5. The summed E-state index contributed by atoms with van der Waals surface area (Å²) < 4.78 is 56.4. The monoisotopic (exact) mass is 540 g/mol. The second-order valence-electron chi connectivity index (χ2n) is 7.99. The molecule has 0 amide bonds. The van der Waals surface area contributed by atoms with Gasteiger partial charge in [-0.25, -0.2) is 9.59 Å². The third kappa shape index (κ3) is 9.51. The lowest BCUT2D eigenvalue weighted by atomic mass is 10.2. The van der Waals surface area contributed by atoms with Crippen LogP contribution in [0.25, 0.3) is 0 Å². The van der Waals surface area contributed by atoms with Gasteiger partial charge in [-0.1, -0.05) is 37.4 Å². The van der Waals surface area contributed by atoms with E-state index in [1.165, 1.54) is 0 Å². The minimum absolute atomic E-state index is 0.312. The van der Waals surface area contributed by atoms with Crippen LogP contribution < -0.4 is 18.9 Å². The number of aryl methyl sites for hydroxylation is 1. The van der Waals surface area contributed by atoms with Crippen LogP contribution in [0.3, 0.4) is 0 Å². The maximum Gasteiger partial charge on any atom is 0.369 e. The minimum atomic E-state index is -1.19. The van der Waals surface area contributed by atoms with Crippen LogP contribution in [-0.2, 0) is 32.3 Å². The number of esters is 2. The molecule has 8 nitrogen and oxygen atoms in total. The number of carbonyl (C=O) groups excluding carboxylic acids is 2. The van der Waals surface area contributed by atoms with Crippen molar-refractivity contribution in [2.24, 2.45) is 0 Å². The highest BCUT2D eigenvalue weighted by molar-refractivity contribution is 5.85. The van der Waals surface area contributed by atoms with Crippen LogP contribution in [-0.4, -0.2) is 25.5 Å². The van der Waals surface area contributed by atoms with E-state index in [0.29, 0.717) is 36.2 Å². The van der Waals surface area contributed by atoms with Crippen LogP contribution in [0.1, 0.15) is 16.7 Å². The Morgan fingerprint density at radius 2 is 1.08 bits per heavy atom. The molecule has 0 saturated carbocycles. The minimum Gasteiger partial charge on any atom is -0.489 e. The molecule has 0 unspecified atom stereocenters. The van der Waals surface area contributed by atoms with Crippen LogP contribution in [0.5, 0.6) is 23.0 Å². The Morgan fingerprint density at radius 1 is 0.641 bits per heavy atom. The average molecular weight is 541 g/mol. The van der Waals surface area contributed by atoms with E-state index < -0.39 is 37.2 Å². The molecule has 0 aromatic heterocycles. The molecule has 0 radical (unpaired) electrons. The molecule has 0 bridgehead atoms. The highest BCUT2D eigenvalue weighted by atomic mass is 19.1. The summed E-state index contributed by atoms with van der Waals surface area (Å²) in [6, 6.07) is 19.4. The van der Waals surface area contributed by atoms with Crippen molar-refractivity contribution in [2.75, 3.05) is 13.6 Å². The molecule has 0 aliphatic carbocycles. The van der Waals surface area contributed by atoms with E-state index in [4.69, 9.17) is 18.9 Å². The summed E-state index contributed by atoms with van der Waals surface area (Å²) in [5.74, 6) is -2.46. The van der Waals surface area contributed by atoms with Gasteiger partial charge in [-0.15, -0.1) is 0 Å². The molecule has 0 aliphatic rings. The lowest BCUT2D eigenvalue weighted by molar-refractivity contribution is -0.148. The van der Waals surface area contributed by atoms with Gasteiger partial charge in [-0.2, -0.15) is 8.78 Å². The lowest BCUT2D eigenvalue weighted by Gasteiger charge is -2.13. The van der Waals surface area contributed by atoms with Crippen LogP contribution in [0.4, 0.5) is 8.78 Å². The van der Waals surface area contributed by atoms with E-state index in [1.807, 2.05) is 19.1 Å². The van der Waals surface area contributed by atoms with Gasteiger partial charge in [0.25, 0.3) is 0 Å². The molecule has 0 saturated heterocycles. The molecule has 0 N–H and O–H groups in total. The number of benzene rings is 3. The van der Waals surface area contributed by atoms with Crippen molar-refractivity contribution in [2.45, 2.75) is 20.1 Å². The SMILES string of the molecule is C=C(F)C(=O)OCOc1ccc(COc2ccc(OCc3ccc(OCOC(=O)C(=C)F)cc3)c(C)c2)cc1. The zero-order valence-corrected chi connectivity index (χ0v) is 21.1. The van der Waals surface area contributed by atoms with Gasteiger partial charge in [0.05, 0.1) is 0 Å². The van der Waals surface area contributed by atoms with Crippen molar-refractivity contribution < 1.29 is 46.8 Å². The van der Waals surface area contributed by atoms with Gasteiger partial charge in [-0.3, -0.25) is 0 Å². The third-order valence-corrected chi connectivity index (χ3v) is 5.07. The molecule has 39 heavy (non-hydrogen) atoms. The highest BCUT2D eigenvalue weighted by Gasteiger charge is 2.09. The van der Waals surface area contributed by atoms with E-state index in [1.54, 1.807) is 54.6 Å². The second-order valence-corrected chi connectivity index (χ2v) is 7.99. The van der Waals surface area contributed by atoms with E-state index in [2.05, 4.69) is 22.6 Å². The fraction of sp³-hybridized carbons (Fsp3) is 0.172. The van der Waals surface area contributed by atoms with Crippen molar-refractivity contribution in [1.82, 2.24) is 0 Å². The van der Waals surface area contributed by atoms with Crippen LogP contribution >= 0.6 is 0 Å². The molecular weight excluding hydrogens is 514 g/mol.